The van der Waals surface area contributed by atoms with Gasteiger partial charge in [-0.05, 0) is 89.7 Å². The van der Waals surface area contributed by atoms with E-state index in [1.807, 2.05) is 61.8 Å². The van der Waals surface area contributed by atoms with E-state index in [1.165, 1.54) is 61.0 Å². The van der Waals surface area contributed by atoms with Crippen LogP contribution in [0.25, 0.3) is 44.6 Å². The molecule has 22 nitrogen and oxygen atoms in total. The summed E-state index contributed by atoms with van der Waals surface area (Å²) in [5.74, 6) is 0.253. The minimum absolute atomic E-state index is 0.0139. The van der Waals surface area contributed by atoms with Crippen LogP contribution in [0.2, 0.25) is 0 Å². The molecule has 0 unspecified atom stereocenters. The average molecular weight is 1160 g/mol. The first kappa shape index (κ1) is 56.5. The van der Waals surface area contributed by atoms with E-state index in [-0.39, 0.29) is 35.7 Å². The maximum Gasteiger partial charge on any atom is 0.257 e. The molecular formula is C59H68N18O4S2. The van der Waals surface area contributed by atoms with Crippen LogP contribution < -0.4 is 22.1 Å². The fourth-order valence-corrected chi connectivity index (χ4v) is 12.2. The number of hydrogen-bond acceptors (Lipinski definition) is 18. The Balaban J connectivity index is 0.000000174. The van der Waals surface area contributed by atoms with Gasteiger partial charge in [0.15, 0.2) is 21.6 Å². The van der Waals surface area contributed by atoms with Gasteiger partial charge in [-0.3, -0.25) is 39.6 Å². The second kappa shape index (κ2) is 25.0. The number of aromatic nitrogens is 10. The lowest BCUT2D eigenvalue weighted by molar-refractivity contribution is -0.125. The number of fused-ring (bicyclic) bond motifs is 2. The van der Waals surface area contributed by atoms with Gasteiger partial charge in [0.25, 0.3) is 11.8 Å². The number of nitrogens with one attached hydrogen (secondary N) is 2. The van der Waals surface area contributed by atoms with E-state index < -0.39 is 0 Å². The van der Waals surface area contributed by atoms with Gasteiger partial charge >= 0.3 is 0 Å². The summed E-state index contributed by atoms with van der Waals surface area (Å²) in [5, 5.41) is 18.1. The highest BCUT2D eigenvalue weighted by Crippen LogP contribution is 2.37. The summed E-state index contributed by atoms with van der Waals surface area (Å²) in [6.07, 6.45) is 23.1. The summed E-state index contributed by atoms with van der Waals surface area (Å²) in [6, 6.07) is 15.7. The van der Waals surface area contributed by atoms with Gasteiger partial charge in [0, 0.05) is 108 Å². The Morgan fingerprint density at radius 3 is 1.45 bits per heavy atom. The zero-order valence-electron chi connectivity index (χ0n) is 47.0. The highest BCUT2D eigenvalue weighted by molar-refractivity contribution is 7.16. The van der Waals surface area contributed by atoms with Crippen LogP contribution in [-0.2, 0) is 22.4 Å². The molecule has 6 aromatic heterocycles. The predicted octanol–water partition coefficient (Wildman–Crippen LogP) is 7.93. The number of likely N-dealkylation sites (tertiary alicyclic amines) is 2. The second-order valence-electron chi connectivity index (χ2n) is 21.5. The Morgan fingerprint density at radius 1 is 0.602 bits per heavy atom. The molecule has 12 rings (SSSR count). The molecule has 4 amide bonds. The largest absolute Gasteiger partial charge is 0.383 e. The summed E-state index contributed by atoms with van der Waals surface area (Å²) in [4.78, 5) is 87.9. The lowest BCUT2D eigenvalue weighted by Crippen LogP contribution is -2.28. The van der Waals surface area contributed by atoms with E-state index in [4.69, 9.17) is 21.7 Å². The average Bonchev–Trinajstić information content (AvgIpc) is 3.97. The van der Waals surface area contributed by atoms with Gasteiger partial charge in [-0.2, -0.15) is 10.2 Å². The van der Waals surface area contributed by atoms with Crippen molar-refractivity contribution in [2.75, 3.05) is 75.5 Å². The number of nitrogens with two attached hydrogens (primary N) is 2. The fourth-order valence-electron chi connectivity index (χ4n) is 10.5. The van der Waals surface area contributed by atoms with Crippen LogP contribution in [0.5, 0.6) is 0 Å². The molecule has 83 heavy (non-hydrogen) atoms. The summed E-state index contributed by atoms with van der Waals surface area (Å²) < 4.78 is 3.74. The number of hydrogen-bond donors (Lipinski definition) is 4. The molecule has 0 bridgehead atoms. The molecule has 8 aromatic rings. The molecule has 2 saturated heterocycles. The van der Waals surface area contributed by atoms with Gasteiger partial charge in [-0.15, -0.1) is 22.7 Å². The topological polar surface area (TPSA) is 270 Å². The van der Waals surface area contributed by atoms with Gasteiger partial charge in [0.05, 0.1) is 22.9 Å². The Labute approximate surface area is 488 Å². The predicted molar refractivity (Wildman–Crippen MR) is 324 cm³/mol. The smallest absolute Gasteiger partial charge is 0.257 e. The summed E-state index contributed by atoms with van der Waals surface area (Å²) in [6.45, 7) is 8.10. The number of likely N-dealkylation sites (N-methyl/N-ethyl adjacent to an activating group) is 2. The van der Waals surface area contributed by atoms with Crippen molar-refractivity contribution in [1.82, 2.24) is 69.1 Å². The Bertz CT molecular complexity index is 3710. The van der Waals surface area contributed by atoms with E-state index in [9.17, 15) is 19.2 Å². The molecule has 6 N–H and O–H groups in total. The van der Waals surface area contributed by atoms with E-state index in [2.05, 4.69) is 78.3 Å². The molecule has 8 heterocycles. The van der Waals surface area contributed by atoms with Crippen molar-refractivity contribution in [3.63, 3.8) is 0 Å². The number of anilines is 4. The maximum absolute atomic E-state index is 12.9. The van der Waals surface area contributed by atoms with Crippen LogP contribution in [0.4, 0.5) is 21.9 Å². The fraction of sp³-hybridized carbons (Fsp3) is 0.390. The molecular weight excluding hydrogens is 1090 g/mol. The van der Waals surface area contributed by atoms with Crippen molar-refractivity contribution < 1.29 is 19.2 Å². The monoisotopic (exact) mass is 1160 g/mol. The third-order valence-electron chi connectivity index (χ3n) is 15.6. The van der Waals surface area contributed by atoms with Crippen LogP contribution >= 0.6 is 22.7 Å². The zero-order chi connectivity index (χ0) is 57.7. The molecule has 2 atom stereocenters. The minimum atomic E-state index is -0.226. The molecule has 0 spiro atoms. The second-order valence-corrected chi connectivity index (χ2v) is 23.8. The third-order valence-corrected chi connectivity index (χ3v) is 17.6. The van der Waals surface area contributed by atoms with Crippen LogP contribution in [-0.4, -0.2) is 158 Å². The zero-order valence-corrected chi connectivity index (χ0v) is 48.7. The molecule has 4 fully saturated rings. The third kappa shape index (κ3) is 13.0. The van der Waals surface area contributed by atoms with Crippen LogP contribution in [0.15, 0.2) is 97.9 Å². The molecule has 2 aliphatic carbocycles. The summed E-state index contributed by atoms with van der Waals surface area (Å²) in [5.41, 5.74) is 17.8. The van der Waals surface area contributed by atoms with Crippen molar-refractivity contribution in [1.29, 1.82) is 0 Å². The number of thiazole rings is 2. The Kier molecular flexibility index (Phi) is 17.1. The molecule has 2 aromatic carbocycles. The van der Waals surface area contributed by atoms with Gasteiger partial charge < -0.3 is 21.3 Å². The maximum atomic E-state index is 12.9. The normalized spacial score (nSPS) is 17.2. The Hall–Kier alpha value is -8.32. The van der Waals surface area contributed by atoms with Crippen molar-refractivity contribution in [2.45, 2.75) is 95.8 Å². The standard InChI is InChI=1S/C30H35N9O2S.C29H33N9O2S/c1-3-5-23-16-32-30(42-23)35-29(41)20-9-7-19(8-10-20)26-25-27(31)33-18-34-28(25)39(36-26)22-13-15-38(17-22)24(40)6-4-14-37(2)21-11-12-21;1-3-22-15-31-29(41-22)34-28(40)19-8-6-18(7-9-19)25-24-26(30)32-17-33-27(24)38(35-25)21-12-14-37(16-21)23(39)5-4-13-36(2)20-10-11-20/h4,6-10,16,18,21-22H,3,5,11-15,17H2,1-2H3,(H2,31,33,34)(H,32,35,41);4-9,15,17,20-21H,3,10-14,16H2,1-2H3,(H2,30,32,33)(H,31,34,40)/b6-4+;5-4+/t22-;21-/m11/s1. The number of rotatable bonds is 19. The lowest BCUT2D eigenvalue weighted by Gasteiger charge is -2.16. The number of benzene rings is 2. The van der Waals surface area contributed by atoms with Crippen LogP contribution in [0.1, 0.15) is 101 Å². The summed E-state index contributed by atoms with van der Waals surface area (Å²) in [7, 11) is 4.19. The summed E-state index contributed by atoms with van der Waals surface area (Å²) >= 11 is 2.96. The van der Waals surface area contributed by atoms with Crippen LogP contribution in [0.3, 0.4) is 0 Å². The highest BCUT2D eigenvalue weighted by Gasteiger charge is 2.33. The Morgan fingerprint density at radius 2 is 1.04 bits per heavy atom. The van der Waals surface area contributed by atoms with Gasteiger partial charge in [-0.1, -0.05) is 56.7 Å². The van der Waals surface area contributed by atoms with E-state index in [0.717, 1.165) is 66.1 Å². The first-order chi connectivity index (χ1) is 40.3. The van der Waals surface area contributed by atoms with Gasteiger partial charge in [-0.25, -0.2) is 39.3 Å². The molecule has 430 valence electrons. The van der Waals surface area contributed by atoms with Crippen molar-refractivity contribution >= 4 is 90.3 Å². The van der Waals surface area contributed by atoms with E-state index >= 15 is 0 Å². The number of aryl methyl sites for hydroxylation is 2. The quantitative estimate of drug-likeness (QED) is 0.0560. The molecule has 2 aliphatic heterocycles. The molecule has 4 aliphatic rings. The van der Waals surface area contributed by atoms with Crippen molar-refractivity contribution in [2.24, 2.45) is 0 Å². The highest BCUT2D eigenvalue weighted by atomic mass is 32.1. The number of nitrogens with zero attached hydrogens (tertiary/aromatic N) is 14. The minimum Gasteiger partial charge on any atom is -0.383 e. The SMILES string of the molecule is CCCc1cnc(NC(=O)c2ccc(-c3nn([C@@H]4CCN(C(=O)/C=C/CN(C)C5CC5)C4)c4ncnc(N)c34)cc2)s1.CCc1cnc(NC(=O)c2ccc(-c3nn([C@@H]4CCN(C(=O)/C=C/CN(C)C5CC5)C4)c4ncnc(N)c34)cc2)s1. The molecule has 0 radical (unpaired) electrons. The number of carbonyl (C=O) groups excluding carboxylic acids is 4. The van der Waals surface area contributed by atoms with Crippen molar-refractivity contribution in [3.8, 4) is 22.5 Å². The number of nitrogen functional groups attached to an aromatic ring is 2. The van der Waals surface area contributed by atoms with Gasteiger partial charge in [0.2, 0.25) is 11.8 Å². The van der Waals surface area contributed by atoms with Gasteiger partial charge in [0.1, 0.15) is 35.7 Å². The number of amides is 4. The number of carbonyl (C=O) groups is 4. The first-order valence-electron chi connectivity index (χ1n) is 28.3. The molecule has 2 saturated carbocycles. The van der Waals surface area contributed by atoms with E-state index in [0.29, 0.717) is 105 Å². The lowest BCUT2D eigenvalue weighted by atomic mass is 10.1. The molecule has 24 heteroatoms. The van der Waals surface area contributed by atoms with E-state index in [1.54, 1.807) is 42.6 Å². The first-order valence-corrected chi connectivity index (χ1v) is 30.0. The van der Waals surface area contributed by atoms with Crippen molar-refractivity contribution in [3.05, 3.63) is 119 Å². The van der Waals surface area contributed by atoms with Crippen LogP contribution in [0, 0.1) is 0 Å².